The molecule has 0 fully saturated rings. The van der Waals surface area contributed by atoms with E-state index in [2.05, 4.69) is 39.1 Å². The van der Waals surface area contributed by atoms with Crippen molar-refractivity contribution in [3.05, 3.63) is 47.5 Å². The summed E-state index contributed by atoms with van der Waals surface area (Å²) in [5.41, 5.74) is 8.28. The lowest BCUT2D eigenvalue weighted by Gasteiger charge is -2.26. The lowest BCUT2D eigenvalue weighted by Crippen LogP contribution is -2.21. The first-order valence-electron chi connectivity index (χ1n) is 9.74. The second-order valence-electron chi connectivity index (χ2n) is 7.26. The highest BCUT2D eigenvalue weighted by Gasteiger charge is 2.24. The molecule has 9 heteroatoms. The first-order chi connectivity index (χ1) is 14.5. The van der Waals surface area contributed by atoms with Gasteiger partial charge in [0.1, 0.15) is 31.2 Å². The predicted molar refractivity (Wildman–Crippen MR) is 116 cm³/mol. The van der Waals surface area contributed by atoms with Crippen molar-refractivity contribution >= 4 is 23.2 Å². The van der Waals surface area contributed by atoms with Gasteiger partial charge in [0.05, 0.1) is 10.7 Å². The fraction of sp³-hybridized carbons (Fsp3) is 0.333. The van der Waals surface area contributed by atoms with Crippen molar-refractivity contribution in [2.24, 2.45) is 5.92 Å². The van der Waals surface area contributed by atoms with Crippen LogP contribution in [0.5, 0.6) is 11.6 Å². The van der Waals surface area contributed by atoms with E-state index in [1.54, 1.807) is 18.5 Å². The van der Waals surface area contributed by atoms with Gasteiger partial charge in [0.15, 0.2) is 5.75 Å². The van der Waals surface area contributed by atoms with Crippen LogP contribution < -0.4 is 20.5 Å². The molecule has 0 bridgehead atoms. The zero-order valence-corrected chi connectivity index (χ0v) is 17.6. The maximum Gasteiger partial charge on any atom is 0.257 e. The maximum absolute atomic E-state index is 6.08. The Kier molecular flexibility index (Phi) is 5.85. The average molecular weight is 427 g/mol. The van der Waals surface area contributed by atoms with Crippen molar-refractivity contribution in [3.63, 3.8) is 0 Å². The monoisotopic (exact) mass is 426 g/mol. The van der Waals surface area contributed by atoms with E-state index in [1.165, 1.54) is 6.33 Å². The van der Waals surface area contributed by atoms with Crippen molar-refractivity contribution in [3.8, 4) is 22.9 Å². The highest BCUT2D eigenvalue weighted by Crippen LogP contribution is 2.38. The van der Waals surface area contributed by atoms with E-state index >= 15 is 0 Å². The first-order valence-corrected chi connectivity index (χ1v) is 10.1. The lowest BCUT2D eigenvalue weighted by atomic mass is 9.88. The number of nitrogens with one attached hydrogen (secondary N) is 1. The molecule has 0 aliphatic carbocycles. The Balaban J connectivity index is 1.45. The fourth-order valence-electron chi connectivity index (χ4n) is 3.28. The van der Waals surface area contributed by atoms with Crippen LogP contribution in [0, 0.1) is 5.92 Å². The van der Waals surface area contributed by atoms with E-state index < -0.39 is 0 Å². The number of halogens is 1. The number of aromatic nitrogens is 4. The summed E-state index contributed by atoms with van der Waals surface area (Å²) in [5, 5.41) is 3.79. The topological polar surface area (TPSA) is 108 Å². The van der Waals surface area contributed by atoms with Crippen LogP contribution in [0.4, 0.5) is 11.6 Å². The quantitative estimate of drug-likeness (QED) is 0.612. The molecule has 2 unspecified atom stereocenters. The van der Waals surface area contributed by atoms with Crippen LogP contribution in [0.15, 0.2) is 36.9 Å². The van der Waals surface area contributed by atoms with Crippen LogP contribution in [0.3, 0.4) is 0 Å². The van der Waals surface area contributed by atoms with Crippen LogP contribution in [0.1, 0.15) is 25.3 Å². The van der Waals surface area contributed by atoms with E-state index in [0.717, 1.165) is 34.9 Å². The van der Waals surface area contributed by atoms with E-state index in [0.29, 0.717) is 35.9 Å². The SMILES string of the molecule is CC(CNc1cc(-c2cnc(N)c(Cl)c2)ncn1)C(C)c1ccnc2c1OCCO2. The summed E-state index contributed by atoms with van der Waals surface area (Å²) in [7, 11) is 0. The number of rotatable bonds is 6. The number of nitrogens with zero attached hydrogens (tertiary/aromatic N) is 4. The van der Waals surface area contributed by atoms with Gasteiger partial charge in [-0.05, 0) is 24.0 Å². The van der Waals surface area contributed by atoms with Crippen molar-refractivity contribution in [1.29, 1.82) is 0 Å². The molecule has 156 valence electrons. The summed E-state index contributed by atoms with van der Waals surface area (Å²) >= 11 is 6.08. The molecule has 1 aliphatic rings. The largest absolute Gasteiger partial charge is 0.484 e. The number of hydrogen-bond acceptors (Lipinski definition) is 8. The fourth-order valence-corrected chi connectivity index (χ4v) is 3.45. The molecule has 0 saturated carbocycles. The van der Waals surface area contributed by atoms with Gasteiger partial charge in [-0.1, -0.05) is 25.4 Å². The van der Waals surface area contributed by atoms with Gasteiger partial charge in [-0.25, -0.2) is 19.9 Å². The minimum Gasteiger partial charge on any atom is -0.484 e. The normalized spacial score (nSPS) is 14.8. The molecule has 2 atom stereocenters. The van der Waals surface area contributed by atoms with E-state index in [9.17, 15) is 0 Å². The molecule has 0 aromatic carbocycles. The van der Waals surface area contributed by atoms with Crippen LogP contribution in [0.25, 0.3) is 11.3 Å². The summed E-state index contributed by atoms with van der Waals surface area (Å²) in [6.45, 7) is 6.14. The number of hydrogen-bond donors (Lipinski definition) is 2. The van der Waals surface area contributed by atoms with E-state index in [4.69, 9.17) is 26.8 Å². The summed E-state index contributed by atoms with van der Waals surface area (Å²) in [6.07, 6.45) is 4.93. The molecule has 4 heterocycles. The Labute approximate surface area is 179 Å². The maximum atomic E-state index is 6.08. The number of fused-ring (bicyclic) bond motifs is 1. The molecule has 8 nitrogen and oxygen atoms in total. The summed E-state index contributed by atoms with van der Waals surface area (Å²) in [5.74, 6) is 2.87. The van der Waals surface area contributed by atoms with Gasteiger partial charge in [0, 0.05) is 36.1 Å². The van der Waals surface area contributed by atoms with Crippen LogP contribution in [-0.2, 0) is 0 Å². The average Bonchev–Trinajstić information content (AvgIpc) is 2.78. The van der Waals surface area contributed by atoms with E-state index in [-0.39, 0.29) is 5.92 Å². The Hall–Kier alpha value is -3.13. The molecule has 3 N–H and O–H groups in total. The number of anilines is 2. The Morgan fingerprint density at radius 1 is 1.13 bits per heavy atom. The Morgan fingerprint density at radius 2 is 1.97 bits per heavy atom. The van der Waals surface area contributed by atoms with Crippen LogP contribution in [0.2, 0.25) is 5.02 Å². The van der Waals surface area contributed by atoms with E-state index in [1.807, 2.05) is 12.1 Å². The second-order valence-corrected chi connectivity index (χ2v) is 7.66. The zero-order valence-electron chi connectivity index (χ0n) is 16.8. The van der Waals surface area contributed by atoms with Gasteiger partial charge in [0.25, 0.3) is 5.88 Å². The second kappa shape index (κ2) is 8.71. The Morgan fingerprint density at radius 3 is 2.80 bits per heavy atom. The zero-order chi connectivity index (χ0) is 21.1. The molecule has 0 spiro atoms. The highest BCUT2D eigenvalue weighted by atomic mass is 35.5. The molecular weight excluding hydrogens is 404 g/mol. The molecule has 3 aromatic heterocycles. The van der Waals surface area contributed by atoms with Crippen LogP contribution in [-0.4, -0.2) is 39.7 Å². The molecule has 3 aromatic rings. The third-order valence-corrected chi connectivity index (χ3v) is 5.56. The van der Waals surface area contributed by atoms with Crippen molar-refractivity contribution in [1.82, 2.24) is 19.9 Å². The van der Waals surface area contributed by atoms with Crippen molar-refractivity contribution < 1.29 is 9.47 Å². The molecule has 0 saturated heterocycles. The highest BCUT2D eigenvalue weighted by molar-refractivity contribution is 6.33. The lowest BCUT2D eigenvalue weighted by molar-refractivity contribution is 0.161. The standard InChI is InChI=1S/C21H23ClN6O2/c1-12(13(2)15-3-4-24-21-19(15)29-5-6-30-21)9-25-18-8-17(27-11-28-18)14-7-16(22)20(23)26-10-14/h3-4,7-8,10-13H,5-6,9H2,1-2H3,(H2,23,26)(H,25,27,28). The summed E-state index contributed by atoms with van der Waals surface area (Å²) in [4.78, 5) is 17.0. The molecule has 0 radical (unpaired) electrons. The third kappa shape index (κ3) is 4.23. The minimum absolute atomic E-state index is 0.234. The molecular formula is C21H23ClN6O2. The first kappa shape index (κ1) is 20.2. The molecule has 1 aliphatic heterocycles. The van der Waals surface area contributed by atoms with Crippen LogP contribution >= 0.6 is 11.6 Å². The molecule has 30 heavy (non-hydrogen) atoms. The van der Waals surface area contributed by atoms with Crippen molar-refractivity contribution in [2.75, 3.05) is 30.8 Å². The minimum atomic E-state index is 0.234. The van der Waals surface area contributed by atoms with Gasteiger partial charge in [0.2, 0.25) is 0 Å². The van der Waals surface area contributed by atoms with Gasteiger partial charge in [-0.3, -0.25) is 0 Å². The number of pyridine rings is 2. The third-order valence-electron chi connectivity index (χ3n) is 5.25. The summed E-state index contributed by atoms with van der Waals surface area (Å²) in [6, 6.07) is 5.61. The van der Waals surface area contributed by atoms with Gasteiger partial charge < -0.3 is 20.5 Å². The summed E-state index contributed by atoms with van der Waals surface area (Å²) < 4.78 is 11.4. The predicted octanol–water partition coefficient (Wildman–Crippen LogP) is 3.79. The Bertz CT molecular complexity index is 1050. The smallest absolute Gasteiger partial charge is 0.257 e. The molecule has 4 rings (SSSR count). The van der Waals surface area contributed by atoms with Gasteiger partial charge in [-0.15, -0.1) is 0 Å². The number of ether oxygens (including phenoxy) is 2. The molecule has 0 amide bonds. The van der Waals surface area contributed by atoms with Gasteiger partial charge >= 0.3 is 0 Å². The number of nitrogen functional groups attached to an aromatic ring is 1. The van der Waals surface area contributed by atoms with Gasteiger partial charge in [-0.2, -0.15) is 0 Å². The number of nitrogens with two attached hydrogens (primary N) is 1. The van der Waals surface area contributed by atoms with Crippen molar-refractivity contribution in [2.45, 2.75) is 19.8 Å².